The summed E-state index contributed by atoms with van der Waals surface area (Å²) in [5, 5.41) is 12.5. The highest BCUT2D eigenvalue weighted by molar-refractivity contribution is 7.25. The van der Waals surface area contributed by atoms with Gasteiger partial charge in [0.1, 0.15) is 0 Å². The Morgan fingerprint density at radius 2 is 0.905 bits per heavy atom. The zero-order chi connectivity index (χ0) is 41.2. The fourth-order valence-corrected chi connectivity index (χ4v) is 11.3. The molecule has 0 radical (unpaired) electrons. The summed E-state index contributed by atoms with van der Waals surface area (Å²) in [4.78, 5) is 10.6. The third-order valence-corrected chi connectivity index (χ3v) is 14.2. The number of fused-ring (bicyclic) bond motifs is 13. The number of aromatic nitrogens is 4. The molecule has 0 amide bonds. The molecule has 0 spiro atoms. The minimum atomic E-state index is 0.874. The van der Waals surface area contributed by atoms with Gasteiger partial charge >= 0.3 is 0 Å². The van der Waals surface area contributed by atoms with Crippen LogP contribution < -0.4 is 0 Å². The van der Waals surface area contributed by atoms with Gasteiger partial charge in [-0.1, -0.05) is 133 Å². The Hall–Kier alpha value is -8.12. The topological polar surface area (TPSA) is 35.6 Å². The van der Waals surface area contributed by atoms with Crippen LogP contribution in [0.25, 0.3) is 130 Å². The highest BCUT2D eigenvalue weighted by atomic mass is 32.1. The van der Waals surface area contributed by atoms with Crippen LogP contribution in [-0.2, 0) is 0 Å². The number of rotatable bonds is 4. The number of para-hydroxylation sites is 4. The summed E-state index contributed by atoms with van der Waals surface area (Å²) < 4.78 is 7.41. The Bertz CT molecular complexity index is 4210. The molecule has 0 atom stereocenters. The van der Waals surface area contributed by atoms with Crippen molar-refractivity contribution in [2.24, 2.45) is 0 Å². The van der Waals surface area contributed by atoms with E-state index in [0.29, 0.717) is 0 Å². The lowest BCUT2D eigenvalue weighted by atomic mass is 10.0. The van der Waals surface area contributed by atoms with E-state index in [0.717, 1.165) is 44.9 Å². The molecule has 0 N–H and O–H groups in total. The monoisotopic (exact) mass is 818 g/mol. The van der Waals surface area contributed by atoms with Crippen LogP contribution in [0.3, 0.4) is 0 Å². The maximum Gasteiger partial charge on any atom is 0.0973 e. The SMILES string of the molecule is c1ccc2c(c1)ccc1c3ccccc3n(-c3ccc4cc5c6ccccc6n(-c6ccc(-c7nc8ccccc8nc7-c7ccc8c(c7)sc7ccccc78)cc6)c5cc4c3)c21. The molecule has 10 aromatic carbocycles. The summed E-state index contributed by atoms with van der Waals surface area (Å²) in [6, 6.07) is 74.9. The minimum Gasteiger partial charge on any atom is -0.309 e. The molecule has 14 rings (SSSR count). The van der Waals surface area contributed by atoms with Gasteiger partial charge in [-0.2, -0.15) is 0 Å². The van der Waals surface area contributed by atoms with E-state index in [1.807, 2.05) is 23.5 Å². The van der Waals surface area contributed by atoms with Crippen molar-refractivity contribution < 1.29 is 0 Å². The smallest absolute Gasteiger partial charge is 0.0973 e. The van der Waals surface area contributed by atoms with Gasteiger partial charge in [0.25, 0.3) is 0 Å². The quantitative estimate of drug-likeness (QED) is 0.177. The molecule has 0 saturated carbocycles. The molecule has 292 valence electrons. The molecule has 0 fully saturated rings. The van der Waals surface area contributed by atoms with Crippen LogP contribution in [-0.4, -0.2) is 19.1 Å². The summed E-state index contributed by atoms with van der Waals surface area (Å²) in [5.74, 6) is 0. The molecule has 0 aliphatic rings. The van der Waals surface area contributed by atoms with E-state index < -0.39 is 0 Å². The van der Waals surface area contributed by atoms with Crippen molar-refractivity contribution in [2.75, 3.05) is 0 Å². The third-order valence-electron chi connectivity index (χ3n) is 13.1. The molecule has 0 saturated heterocycles. The van der Waals surface area contributed by atoms with E-state index in [4.69, 9.17) is 9.97 Å². The van der Waals surface area contributed by atoms with Crippen LogP contribution in [0.5, 0.6) is 0 Å². The molecule has 0 unspecified atom stereocenters. The van der Waals surface area contributed by atoms with Gasteiger partial charge in [-0.15, -0.1) is 11.3 Å². The number of hydrogen-bond acceptors (Lipinski definition) is 3. The van der Waals surface area contributed by atoms with Gasteiger partial charge in [0, 0.05) is 69.6 Å². The van der Waals surface area contributed by atoms with Crippen molar-refractivity contribution in [2.45, 2.75) is 0 Å². The average molecular weight is 819 g/mol. The van der Waals surface area contributed by atoms with Crippen molar-refractivity contribution in [1.29, 1.82) is 0 Å². The van der Waals surface area contributed by atoms with Crippen LogP contribution in [0.15, 0.2) is 206 Å². The van der Waals surface area contributed by atoms with E-state index in [1.54, 1.807) is 0 Å². The molecule has 63 heavy (non-hydrogen) atoms. The fourth-order valence-electron chi connectivity index (χ4n) is 10.2. The molecule has 0 aliphatic heterocycles. The van der Waals surface area contributed by atoms with Crippen LogP contribution in [0.2, 0.25) is 0 Å². The Morgan fingerprint density at radius 3 is 1.71 bits per heavy atom. The van der Waals surface area contributed by atoms with Crippen LogP contribution in [0.1, 0.15) is 0 Å². The Labute approximate surface area is 365 Å². The lowest BCUT2D eigenvalue weighted by molar-refractivity contribution is 1.18. The molecule has 5 heteroatoms. The highest BCUT2D eigenvalue weighted by Crippen LogP contribution is 2.41. The molecular formula is C58H34N4S. The third kappa shape index (κ3) is 5.15. The maximum atomic E-state index is 5.29. The molecular weight excluding hydrogens is 785 g/mol. The summed E-state index contributed by atoms with van der Waals surface area (Å²) in [5.41, 5.74) is 12.6. The van der Waals surface area contributed by atoms with E-state index in [2.05, 4.69) is 203 Å². The number of thiophene rings is 1. The number of hydrogen-bond donors (Lipinski definition) is 0. The van der Waals surface area contributed by atoms with Crippen LogP contribution in [0.4, 0.5) is 0 Å². The van der Waals surface area contributed by atoms with Gasteiger partial charge in [0.2, 0.25) is 0 Å². The second-order valence-electron chi connectivity index (χ2n) is 16.6. The first-order valence-electron chi connectivity index (χ1n) is 21.4. The van der Waals surface area contributed by atoms with Gasteiger partial charge in [-0.25, -0.2) is 9.97 Å². The average Bonchev–Trinajstić information content (AvgIpc) is 4.00. The molecule has 0 aliphatic carbocycles. The second kappa shape index (κ2) is 13.2. The first-order valence-corrected chi connectivity index (χ1v) is 22.2. The Kier molecular flexibility index (Phi) is 7.24. The second-order valence-corrected chi connectivity index (χ2v) is 17.6. The van der Waals surface area contributed by atoms with Gasteiger partial charge in [-0.05, 0) is 89.0 Å². The normalized spacial score (nSPS) is 12.1. The van der Waals surface area contributed by atoms with Crippen LogP contribution in [0, 0.1) is 0 Å². The number of nitrogens with zero attached hydrogens (tertiary/aromatic N) is 4. The molecule has 4 aromatic heterocycles. The molecule has 14 aromatic rings. The van der Waals surface area contributed by atoms with Crippen molar-refractivity contribution in [3.8, 4) is 33.9 Å². The van der Waals surface area contributed by atoms with E-state index >= 15 is 0 Å². The van der Waals surface area contributed by atoms with E-state index in [1.165, 1.54) is 85.3 Å². The summed E-state index contributed by atoms with van der Waals surface area (Å²) in [6.07, 6.45) is 0. The molecule has 4 nitrogen and oxygen atoms in total. The van der Waals surface area contributed by atoms with Gasteiger partial charge in [0.15, 0.2) is 0 Å². The Morgan fingerprint density at radius 1 is 0.317 bits per heavy atom. The first-order chi connectivity index (χ1) is 31.2. The van der Waals surface area contributed by atoms with E-state index in [9.17, 15) is 0 Å². The lowest BCUT2D eigenvalue weighted by Gasteiger charge is -2.13. The van der Waals surface area contributed by atoms with Crippen molar-refractivity contribution in [3.63, 3.8) is 0 Å². The van der Waals surface area contributed by atoms with Gasteiger partial charge < -0.3 is 9.13 Å². The maximum absolute atomic E-state index is 5.29. The fraction of sp³-hybridized carbons (Fsp3) is 0. The highest BCUT2D eigenvalue weighted by Gasteiger charge is 2.19. The van der Waals surface area contributed by atoms with Crippen molar-refractivity contribution in [3.05, 3.63) is 206 Å². The standard InChI is InChI=1S/C58H34N4S/c1-2-12-42-35(11-1)24-30-47-43-13-3-9-19-52(43)62(58(42)47)41-28-23-37-32-48-44-14-4-8-18-51(44)61(53(48)33-39(37)31-41)40-26-21-36(22-27-40)56-57(60-50-17-7-6-16-49(50)59-56)38-25-29-46-45-15-5-10-20-54(45)63-55(46)34-38/h1-34H. The molecule has 4 heterocycles. The summed E-state index contributed by atoms with van der Waals surface area (Å²) in [7, 11) is 0. The van der Waals surface area contributed by atoms with Gasteiger partial charge in [0.05, 0.1) is 44.5 Å². The Balaban J connectivity index is 0.935. The summed E-state index contributed by atoms with van der Waals surface area (Å²) in [6.45, 7) is 0. The zero-order valence-corrected chi connectivity index (χ0v) is 34.6. The summed E-state index contributed by atoms with van der Waals surface area (Å²) >= 11 is 1.83. The van der Waals surface area contributed by atoms with Crippen molar-refractivity contribution in [1.82, 2.24) is 19.1 Å². The minimum absolute atomic E-state index is 0.874. The van der Waals surface area contributed by atoms with Crippen LogP contribution >= 0.6 is 11.3 Å². The predicted molar refractivity (Wildman–Crippen MR) is 267 cm³/mol. The predicted octanol–water partition coefficient (Wildman–Crippen LogP) is 15.8. The zero-order valence-electron chi connectivity index (χ0n) is 33.8. The molecule has 0 bridgehead atoms. The first kappa shape index (κ1) is 34.6. The van der Waals surface area contributed by atoms with E-state index in [-0.39, 0.29) is 0 Å². The van der Waals surface area contributed by atoms with Crippen molar-refractivity contribution >= 4 is 108 Å². The largest absolute Gasteiger partial charge is 0.309 e. The number of benzene rings is 10. The lowest BCUT2D eigenvalue weighted by Crippen LogP contribution is -1.97. The van der Waals surface area contributed by atoms with Gasteiger partial charge in [-0.3, -0.25) is 0 Å².